The van der Waals surface area contributed by atoms with Crippen LogP contribution >= 0.6 is 15.9 Å². The predicted octanol–water partition coefficient (Wildman–Crippen LogP) is 2.78. The van der Waals surface area contributed by atoms with E-state index >= 15 is 0 Å². The Morgan fingerprint density at radius 1 is 1.28 bits per heavy atom. The summed E-state index contributed by atoms with van der Waals surface area (Å²) in [6.07, 6.45) is 5.25. The zero-order valence-electron chi connectivity index (χ0n) is 11.1. The van der Waals surface area contributed by atoms with Crippen molar-refractivity contribution in [2.24, 2.45) is 7.05 Å². The van der Waals surface area contributed by atoms with Crippen molar-refractivity contribution >= 4 is 21.8 Å². The summed E-state index contributed by atoms with van der Waals surface area (Å²) in [6, 6.07) is 0. The van der Waals surface area contributed by atoms with Crippen LogP contribution < -0.4 is 0 Å². The van der Waals surface area contributed by atoms with Crippen LogP contribution in [0.1, 0.15) is 43.5 Å². The van der Waals surface area contributed by atoms with Crippen molar-refractivity contribution in [3.05, 3.63) is 15.9 Å². The number of aromatic nitrogens is 2. The van der Waals surface area contributed by atoms with E-state index in [9.17, 15) is 4.79 Å². The number of halogens is 1. The van der Waals surface area contributed by atoms with Gasteiger partial charge in [-0.25, -0.2) is 0 Å². The van der Waals surface area contributed by atoms with Crippen molar-refractivity contribution in [1.82, 2.24) is 14.7 Å². The average Bonchev–Trinajstić information content (AvgIpc) is 2.55. The second kappa shape index (κ2) is 5.87. The van der Waals surface area contributed by atoms with Gasteiger partial charge in [0.25, 0.3) is 0 Å². The maximum Gasteiger partial charge on any atom is 0.222 e. The van der Waals surface area contributed by atoms with E-state index in [0.29, 0.717) is 13.0 Å². The molecule has 1 fully saturated rings. The highest BCUT2D eigenvalue weighted by Crippen LogP contribution is 2.23. The first kappa shape index (κ1) is 13.6. The zero-order valence-corrected chi connectivity index (χ0v) is 12.7. The molecule has 1 aromatic heterocycles. The Hall–Kier alpha value is -0.840. The molecule has 1 saturated heterocycles. The van der Waals surface area contributed by atoms with Crippen molar-refractivity contribution in [2.45, 2.75) is 45.6 Å². The lowest BCUT2D eigenvalue weighted by atomic mass is 10.1. The predicted molar refractivity (Wildman–Crippen MR) is 74.1 cm³/mol. The van der Waals surface area contributed by atoms with E-state index in [0.717, 1.165) is 35.2 Å². The van der Waals surface area contributed by atoms with Crippen LogP contribution in [0, 0.1) is 6.92 Å². The summed E-state index contributed by atoms with van der Waals surface area (Å²) in [5.41, 5.74) is 2.06. The van der Waals surface area contributed by atoms with Crippen LogP contribution in [-0.2, 0) is 18.4 Å². The molecule has 5 heteroatoms. The molecule has 0 atom stereocenters. The summed E-state index contributed by atoms with van der Waals surface area (Å²) in [5, 5.41) is 4.37. The van der Waals surface area contributed by atoms with E-state index in [4.69, 9.17) is 0 Å². The fourth-order valence-corrected chi connectivity index (χ4v) is 2.88. The van der Waals surface area contributed by atoms with Gasteiger partial charge in [-0.1, -0.05) is 12.8 Å². The van der Waals surface area contributed by atoms with Gasteiger partial charge in [-0.3, -0.25) is 9.48 Å². The number of hydrogen-bond donors (Lipinski definition) is 0. The summed E-state index contributed by atoms with van der Waals surface area (Å²) in [4.78, 5) is 14.1. The van der Waals surface area contributed by atoms with Crippen LogP contribution in [0.25, 0.3) is 0 Å². The minimum absolute atomic E-state index is 0.278. The fraction of sp³-hybridized carbons (Fsp3) is 0.692. The topological polar surface area (TPSA) is 38.1 Å². The van der Waals surface area contributed by atoms with E-state index in [-0.39, 0.29) is 5.91 Å². The van der Waals surface area contributed by atoms with Crippen LogP contribution in [0.4, 0.5) is 0 Å². The molecule has 0 aromatic carbocycles. The molecular weight excluding hydrogens is 294 g/mol. The second-order valence-corrected chi connectivity index (χ2v) is 5.74. The van der Waals surface area contributed by atoms with Crippen molar-refractivity contribution in [3.8, 4) is 0 Å². The molecule has 0 bridgehead atoms. The molecule has 1 aromatic rings. The normalized spacial score (nSPS) is 17.7. The first-order chi connectivity index (χ1) is 8.59. The van der Waals surface area contributed by atoms with Gasteiger partial charge in [-0.2, -0.15) is 5.10 Å². The summed E-state index contributed by atoms with van der Waals surface area (Å²) in [5.74, 6) is 0.278. The number of carbonyl (C=O) groups is 1. The maximum atomic E-state index is 12.1. The minimum Gasteiger partial charge on any atom is -0.337 e. The SMILES string of the molecule is Cc1nn(C)c(CN2CCCCCCC2=O)c1Br. The lowest BCUT2D eigenvalue weighted by Gasteiger charge is -2.25. The molecule has 1 aliphatic rings. The lowest BCUT2D eigenvalue weighted by Crippen LogP contribution is -2.33. The highest BCUT2D eigenvalue weighted by Gasteiger charge is 2.19. The highest BCUT2D eigenvalue weighted by molar-refractivity contribution is 9.10. The summed E-state index contributed by atoms with van der Waals surface area (Å²) >= 11 is 3.56. The average molecular weight is 314 g/mol. The van der Waals surface area contributed by atoms with E-state index in [1.165, 1.54) is 12.8 Å². The Bertz CT molecular complexity index is 442. The molecule has 0 saturated carbocycles. The molecule has 100 valence electrons. The number of nitrogens with zero attached hydrogens (tertiary/aromatic N) is 3. The van der Waals surface area contributed by atoms with E-state index in [2.05, 4.69) is 21.0 Å². The van der Waals surface area contributed by atoms with Crippen LogP contribution in [-0.4, -0.2) is 27.1 Å². The molecule has 2 rings (SSSR count). The quantitative estimate of drug-likeness (QED) is 0.842. The third-order valence-electron chi connectivity index (χ3n) is 3.52. The number of aryl methyl sites for hydroxylation is 2. The van der Waals surface area contributed by atoms with E-state index in [1.807, 2.05) is 23.6 Å². The van der Waals surface area contributed by atoms with Crippen molar-refractivity contribution in [1.29, 1.82) is 0 Å². The first-order valence-corrected chi connectivity index (χ1v) is 7.34. The molecule has 18 heavy (non-hydrogen) atoms. The number of hydrogen-bond acceptors (Lipinski definition) is 2. The van der Waals surface area contributed by atoms with Crippen molar-refractivity contribution in [3.63, 3.8) is 0 Å². The minimum atomic E-state index is 0.278. The molecule has 1 aliphatic heterocycles. The largest absolute Gasteiger partial charge is 0.337 e. The zero-order chi connectivity index (χ0) is 13.1. The molecule has 2 heterocycles. The van der Waals surface area contributed by atoms with Gasteiger partial charge in [0.2, 0.25) is 5.91 Å². The highest BCUT2D eigenvalue weighted by atomic mass is 79.9. The number of likely N-dealkylation sites (tertiary alicyclic amines) is 1. The smallest absolute Gasteiger partial charge is 0.222 e. The molecule has 0 spiro atoms. The molecular formula is C13H20BrN3O. The molecule has 1 amide bonds. The Labute approximate surface area is 116 Å². The molecule has 0 aliphatic carbocycles. The van der Waals surface area contributed by atoms with Crippen molar-refractivity contribution in [2.75, 3.05) is 6.54 Å². The molecule has 0 radical (unpaired) electrons. The van der Waals surface area contributed by atoms with Gasteiger partial charge in [0.05, 0.1) is 22.4 Å². The van der Waals surface area contributed by atoms with Crippen LogP contribution in [0.3, 0.4) is 0 Å². The third-order valence-corrected chi connectivity index (χ3v) is 4.56. The fourth-order valence-electron chi connectivity index (χ4n) is 2.42. The molecule has 0 N–H and O–H groups in total. The Kier molecular flexibility index (Phi) is 4.43. The molecule has 0 unspecified atom stereocenters. The monoisotopic (exact) mass is 313 g/mol. The number of carbonyl (C=O) groups excluding carboxylic acids is 1. The van der Waals surface area contributed by atoms with Gasteiger partial charge in [0.1, 0.15) is 0 Å². The third kappa shape index (κ3) is 2.94. The maximum absolute atomic E-state index is 12.1. The van der Waals surface area contributed by atoms with Gasteiger partial charge >= 0.3 is 0 Å². The van der Waals surface area contributed by atoms with Gasteiger partial charge in [0.15, 0.2) is 0 Å². The van der Waals surface area contributed by atoms with Gasteiger partial charge in [-0.05, 0) is 35.7 Å². The Balaban J connectivity index is 2.12. The van der Waals surface area contributed by atoms with E-state index < -0.39 is 0 Å². The van der Waals surface area contributed by atoms with E-state index in [1.54, 1.807) is 0 Å². The first-order valence-electron chi connectivity index (χ1n) is 6.55. The number of rotatable bonds is 2. The van der Waals surface area contributed by atoms with Crippen LogP contribution in [0.15, 0.2) is 4.47 Å². The summed E-state index contributed by atoms with van der Waals surface area (Å²) in [7, 11) is 1.93. The Morgan fingerprint density at radius 2 is 2.00 bits per heavy atom. The number of amides is 1. The summed E-state index contributed by atoms with van der Waals surface area (Å²) < 4.78 is 2.89. The van der Waals surface area contributed by atoms with Gasteiger partial charge in [-0.15, -0.1) is 0 Å². The molecule has 4 nitrogen and oxygen atoms in total. The second-order valence-electron chi connectivity index (χ2n) is 4.95. The van der Waals surface area contributed by atoms with Crippen LogP contribution in [0.5, 0.6) is 0 Å². The Morgan fingerprint density at radius 3 is 2.67 bits per heavy atom. The van der Waals surface area contributed by atoms with Crippen LogP contribution in [0.2, 0.25) is 0 Å². The van der Waals surface area contributed by atoms with Gasteiger partial charge < -0.3 is 4.90 Å². The standard InChI is InChI=1S/C13H20BrN3O/c1-10-13(14)11(16(2)15-10)9-17-8-6-4-3-5-7-12(17)18/h3-9H2,1-2H3. The summed E-state index contributed by atoms with van der Waals surface area (Å²) in [6.45, 7) is 3.51. The lowest BCUT2D eigenvalue weighted by molar-refractivity contribution is -0.132. The van der Waals surface area contributed by atoms with Gasteiger partial charge in [0, 0.05) is 20.0 Å². The van der Waals surface area contributed by atoms with Crippen molar-refractivity contribution < 1.29 is 4.79 Å².